The molecule has 1 aliphatic heterocycles. The lowest BCUT2D eigenvalue weighted by molar-refractivity contribution is -0.161. The molecule has 1 saturated heterocycles. The molecule has 1 N–H and O–H groups in total. The van der Waals surface area contributed by atoms with Gasteiger partial charge in [0.2, 0.25) is 0 Å². The van der Waals surface area contributed by atoms with Crippen molar-refractivity contribution in [1.29, 1.82) is 0 Å². The Balaban J connectivity index is 1.44. The van der Waals surface area contributed by atoms with Gasteiger partial charge in [0.1, 0.15) is 29.8 Å². The Morgan fingerprint density at radius 3 is 2.05 bits per heavy atom. The Bertz CT molecular complexity index is 1670. The van der Waals surface area contributed by atoms with Gasteiger partial charge in [-0.2, -0.15) is 0 Å². The van der Waals surface area contributed by atoms with Crippen molar-refractivity contribution in [2.24, 2.45) is 11.3 Å². The van der Waals surface area contributed by atoms with Gasteiger partial charge in [-0.3, -0.25) is 19.1 Å². The first-order valence-electron chi connectivity index (χ1n) is 14.9. The summed E-state index contributed by atoms with van der Waals surface area (Å²) in [5.74, 6) is 0.0135. The molecule has 0 unspecified atom stereocenters. The Labute approximate surface area is 255 Å². The number of esters is 1. The molecule has 2 fully saturated rings. The molecular formula is C35H36N2O7. The van der Waals surface area contributed by atoms with Crippen LogP contribution in [0.25, 0.3) is 0 Å². The minimum atomic E-state index is -1.06. The van der Waals surface area contributed by atoms with E-state index >= 15 is 0 Å². The number of aromatic nitrogens is 2. The van der Waals surface area contributed by atoms with Crippen molar-refractivity contribution in [3.63, 3.8) is 0 Å². The van der Waals surface area contributed by atoms with Crippen LogP contribution in [0.15, 0.2) is 107 Å². The van der Waals surface area contributed by atoms with Gasteiger partial charge >= 0.3 is 11.7 Å². The number of carbonyl (C=O) groups is 1. The third-order valence-corrected chi connectivity index (χ3v) is 8.67. The maximum absolute atomic E-state index is 13.0. The summed E-state index contributed by atoms with van der Waals surface area (Å²) in [5, 5.41) is 0. The van der Waals surface area contributed by atoms with Gasteiger partial charge in [0.05, 0.1) is 25.0 Å². The molecule has 3 aromatic carbocycles. The Morgan fingerprint density at radius 2 is 1.52 bits per heavy atom. The average molecular weight is 597 g/mol. The molecule has 1 aliphatic carbocycles. The second kappa shape index (κ2) is 11.9. The Kier molecular flexibility index (Phi) is 8.00. The van der Waals surface area contributed by atoms with Crippen LogP contribution in [-0.2, 0) is 24.6 Å². The molecular weight excluding hydrogens is 560 g/mol. The van der Waals surface area contributed by atoms with Crippen LogP contribution in [0, 0.1) is 11.3 Å². The molecule has 1 spiro atoms. The van der Waals surface area contributed by atoms with E-state index in [-0.39, 0.29) is 18.5 Å². The summed E-state index contributed by atoms with van der Waals surface area (Å²) in [7, 11) is 1.63. The van der Waals surface area contributed by atoms with Gasteiger partial charge in [0, 0.05) is 12.3 Å². The number of hydrogen-bond donors (Lipinski definition) is 1. The van der Waals surface area contributed by atoms with Crippen molar-refractivity contribution < 1.29 is 23.7 Å². The van der Waals surface area contributed by atoms with Gasteiger partial charge in [-0.1, -0.05) is 86.6 Å². The number of nitrogens with zero attached hydrogens (tertiary/aromatic N) is 1. The third kappa shape index (κ3) is 5.27. The predicted molar refractivity (Wildman–Crippen MR) is 163 cm³/mol. The third-order valence-electron chi connectivity index (χ3n) is 8.67. The molecule has 4 aromatic rings. The van der Waals surface area contributed by atoms with Gasteiger partial charge in [0.25, 0.3) is 5.56 Å². The molecule has 9 heteroatoms. The number of methoxy groups -OCH3 is 1. The van der Waals surface area contributed by atoms with E-state index in [4.69, 9.17) is 18.9 Å². The molecule has 1 aromatic heterocycles. The fourth-order valence-electron chi connectivity index (χ4n) is 6.22. The minimum absolute atomic E-state index is 0.0439. The molecule has 9 nitrogen and oxygen atoms in total. The molecule has 0 amide bonds. The summed E-state index contributed by atoms with van der Waals surface area (Å²) in [4.78, 5) is 40.0. The lowest BCUT2D eigenvalue weighted by atomic mass is 9.80. The van der Waals surface area contributed by atoms with Crippen LogP contribution in [0.1, 0.15) is 49.6 Å². The highest BCUT2D eigenvalue weighted by atomic mass is 16.6. The van der Waals surface area contributed by atoms with Crippen molar-refractivity contribution in [2.75, 3.05) is 13.7 Å². The van der Waals surface area contributed by atoms with E-state index in [0.29, 0.717) is 18.6 Å². The van der Waals surface area contributed by atoms with E-state index in [9.17, 15) is 14.4 Å². The zero-order valence-corrected chi connectivity index (χ0v) is 25.0. The normalized spacial score (nSPS) is 20.5. The second-order valence-corrected chi connectivity index (χ2v) is 11.7. The van der Waals surface area contributed by atoms with Crippen molar-refractivity contribution in [2.45, 2.75) is 50.7 Å². The van der Waals surface area contributed by atoms with E-state index in [2.05, 4.69) is 4.98 Å². The number of nitrogens with one attached hydrogen (secondary N) is 1. The van der Waals surface area contributed by atoms with Gasteiger partial charge in [-0.05, 0) is 41.7 Å². The van der Waals surface area contributed by atoms with Crippen LogP contribution >= 0.6 is 0 Å². The number of ether oxygens (including phenoxy) is 4. The van der Waals surface area contributed by atoms with Crippen LogP contribution in [0.5, 0.6) is 5.75 Å². The van der Waals surface area contributed by atoms with Crippen molar-refractivity contribution >= 4 is 5.97 Å². The fourth-order valence-corrected chi connectivity index (χ4v) is 6.22. The van der Waals surface area contributed by atoms with E-state index in [1.54, 1.807) is 21.0 Å². The predicted octanol–water partition coefficient (Wildman–Crippen LogP) is 4.80. The molecule has 3 atom stereocenters. The molecule has 2 heterocycles. The monoisotopic (exact) mass is 596 g/mol. The summed E-state index contributed by atoms with van der Waals surface area (Å²) in [6.07, 6.45) is 0.712. The van der Waals surface area contributed by atoms with Gasteiger partial charge in [-0.25, -0.2) is 4.79 Å². The van der Waals surface area contributed by atoms with Crippen molar-refractivity contribution in [3.8, 4) is 5.75 Å². The SMILES string of the molecule is COc1ccc(C(OC[C@H]2O[C@@H](n3ccc(=O)[nH]c3=O)C3(CC3)[C@@H]2OC(=O)C(C)C)(c2ccccc2)c2ccccc2)cc1. The first-order valence-corrected chi connectivity index (χ1v) is 14.9. The zero-order valence-electron chi connectivity index (χ0n) is 25.0. The van der Waals surface area contributed by atoms with Crippen molar-refractivity contribution in [1.82, 2.24) is 9.55 Å². The van der Waals surface area contributed by atoms with Gasteiger partial charge < -0.3 is 18.9 Å². The Morgan fingerprint density at radius 1 is 0.932 bits per heavy atom. The van der Waals surface area contributed by atoms with Crippen LogP contribution < -0.4 is 16.0 Å². The second-order valence-electron chi connectivity index (χ2n) is 11.7. The lowest BCUT2D eigenvalue weighted by Crippen LogP contribution is -2.41. The highest BCUT2D eigenvalue weighted by molar-refractivity contribution is 5.72. The summed E-state index contributed by atoms with van der Waals surface area (Å²) in [6, 6.07) is 28.9. The highest BCUT2D eigenvalue weighted by Crippen LogP contribution is 2.63. The number of benzene rings is 3. The number of hydrogen-bond acceptors (Lipinski definition) is 7. The maximum atomic E-state index is 13.0. The fraction of sp³-hybridized carbons (Fsp3) is 0.343. The number of carbonyl (C=O) groups excluding carboxylic acids is 1. The Hall–Kier alpha value is -4.47. The van der Waals surface area contributed by atoms with E-state index < -0.39 is 40.7 Å². The van der Waals surface area contributed by atoms with E-state index in [1.807, 2.05) is 84.9 Å². The highest BCUT2D eigenvalue weighted by Gasteiger charge is 2.67. The minimum Gasteiger partial charge on any atom is -0.497 e. The number of rotatable bonds is 10. The molecule has 0 radical (unpaired) electrons. The molecule has 2 aliphatic rings. The average Bonchev–Trinajstić information content (AvgIpc) is 3.79. The van der Waals surface area contributed by atoms with E-state index in [1.165, 1.54) is 16.8 Å². The first-order chi connectivity index (χ1) is 21.3. The quantitative estimate of drug-likeness (QED) is 0.207. The van der Waals surface area contributed by atoms with Crippen molar-refractivity contribution in [3.05, 3.63) is 135 Å². The molecule has 6 rings (SSSR count). The van der Waals surface area contributed by atoms with Crippen LogP contribution in [0.3, 0.4) is 0 Å². The van der Waals surface area contributed by atoms with Gasteiger partial charge in [0.15, 0.2) is 0 Å². The van der Waals surface area contributed by atoms with Crippen LogP contribution in [0.4, 0.5) is 0 Å². The van der Waals surface area contributed by atoms with Gasteiger partial charge in [-0.15, -0.1) is 0 Å². The smallest absolute Gasteiger partial charge is 0.330 e. The molecule has 1 saturated carbocycles. The summed E-state index contributed by atoms with van der Waals surface area (Å²) in [5.41, 5.74) is -0.0764. The standard InChI is InChI=1S/C35H36N2O7/c1-23(2)31(39)44-30-28(43-32(34(30)19-20-34)37-21-18-29(38)36-33(37)40)22-42-35(24-10-6-4-7-11-24,25-12-8-5-9-13-25)26-14-16-27(41-3)17-15-26/h4-18,21,23,28,30,32H,19-20,22H2,1-3H3,(H,36,38,40)/t28-,30-,32-/m1/s1. The first kappa shape index (κ1) is 29.6. The molecule has 228 valence electrons. The summed E-state index contributed by atoms with van der Waals surface area (Å²) >= 11 is 0. The largest absolute Gasteiger partial charge is 0.497 e. The molecule has 44 heavy (non-hydrogen) atoms. The van der Waals surface area contributed by atoms with Crippen LogP contribution in [-0.4, -0.2) is 41.4 Å². The van der Waals surface area contributed by atoms with E-state index in [0.717, 1.165) is 16.7 Å². The maximum Gasteiger partial charge on any atom is 0.330 e. The number of H-pyrrole nitrogens is 1. The number of aromatic amines is 1. The zero-order chi connectivity index (χ0) is 30.9. The molecule has 0 bridgehead atoms. The van der Waals surface area contributed by atoms with Crippen LogP contribution in [0.2, 0.25) is 0 Å². The topological polar surface area (TPSA) is 109 Å². The summed E-state index contributed by atoms with van der Waals surface area (Å²) < 4.78 is 26.6. The summed E-state index contributed by atoms with van der Waals surface area (Å²) in [6.45, 7) is 3.61. The lowest BCUT2D eigenvalue weighted by Gasteiger charge is -2.37.